The van der Waals surface area contributed by atoms with Crippen LogP contribution in [0, 0.1) is 29.1 Å². The number of hydrogen-bond donors (Lipinski definition) is 1. The number of halogens is 1. The summed E-state index contributed by atoms with van der Waals surface area (Å²) in [6, 6.07) is 7.97. The van der Waals surface area contributed by atoms with Crippen molar-refractivity contribution in [2.75, 3.05) is 20.4 Å². The van der Waals surface area contributed by atoms with Gasteiger partial charge >= 0.3 is 0 Å². The third-order valence-electron chi connectivity index (χ3n) is 8.50. The molecule has 5 atom stereocenters. The minimum Gasteiger partial charge on any atom is -0.497 e. The number of rotatable bonds is 2. The molecule has 2 fully saturated rings. The van der Waals surface area contributed by atoms with Crippen molar-refractivity contribution >= 4 is 5.78 Å². The summed E-state index contributed by atoms with van der Waals surface area (Å²) in [6.45, 7) is 1.64. The highest BCUT2D eigenvalue weighted by molar-refractivity contribution is 5.93. The summed E-state index contributed by atoms with van der Waals surface area (Å²) in [5.74, 6) is 6.75. The van der Waals surface area contributed by atoms with Gasteiger partial charge in [0.25, 0.3) is 0 Å². The molecule has 0 radical (unpaired) electrons. The van der Waals surface area contributed by atoms with Crippen LogP contribution in [0.3, 0.4) is 0 Å². The first kappa shape index (κ1) is 22.4. The molecule has 174 valence electrons. The number of aliphatic hydroxyl groups is 1. The Balaban J connectivity index is 1.65. The van der Waals surface area contributed by atoms with Gasteiger partial charge in [-0.2, -0.15) is 0 Å². The molecule has 0 aromatic heterocycles. The lowest BCUT2D eigenvalue weighted by Crippen LogP contribution is -2.48. The molecule has 33 heavy (non-hydrogen) atoms. The molecule has 4 aliphatic rings. The Hall–Kier alpha value is -2.42. The van der Waals surface area contributed by atoms with Crippen molar-refractivity contribution in [3.63, 3.8) is 0 Å². The Morgan fingerprint density at radius 2 is 2.00 bits per heavy atom. The van der Waals surface area contributed by atoms with Crippen molar-refractivity contribution in [3.8, 4) is 17.6 Å². The highest BCUT2D eigenvalue weighted by Gasteiger charge is 2.61. The van der Waals surface area contributed by atoms with Crippen LogP contribution in [-0.4, -0.2) is 36.9 Å². The Morgan fingerprint density at radius 1 is 1.21 bits per heavy atom. The molecule has 1 saturated carbocycles. The van der Waals surface area contributed by atoms with Crippen molar-refractivity contribution in [3.05, 3.63) is 52.6 Å². The van der Waals surface area contributed by atoms with E-state index < -0.39 is 17.7 Å². The molecule has 0 spiro atoms. The summed E-state index contributed by atoms with van der Waals surface area (Å²) in [7, 11) is 1.65. The van der Waals surface area contributed by atoms with Gasteiger partial charge in [-0.3, -0.25) is 4.79 Å². The molecule has 5 heteroatoms. The molecule has 0 amide bonds. The predicted molar refractivity (Wildman–Crippen MR) is 123 cm³/mol. The number of hydrogen-bond acceptors (Lipinski definition) is 4. The van der Waals surface area contributed by atoms with E-state index in [0.717, 1.165) is 42.6 Å². The van der Waals surface area contributed by atoms with E-state index in [2.05, 4.69) is 18.8 Å². The van der Waals surface area contributed by atoms with E-state index in [9.17, 15) is 14.3 Å². The van der Waals surface area contributed by atoms with Gasteiger partial charge in [0, 0.05) is 11.8 Å². The largest absolute Gasteiger partial charge is 0.497 e. The van der Waals surface area contributed by atoms with Crippen LogP contribution in [0.2, 0.25) is 0 Å². The summed E-state index contributed by atoms with van der Waals surface area (Å²) in [5.41, 5.74) is 2.85. The number of fused-ring (bicyclic) bond motifs is 4. The van der Waals surface area contributed by atoms with Crippen molar-refractivity contribution in [1.29, 1.82) is 0 Å². The van der Waals surface area contributed by atoms with Crippen LogP contribution in [0.5, 0.6) is 5.75 Å². The molecule has 1 N–H and O–H groups in total. The third-order valence-corrected chi connectivity index (χ3v) is 8.50. The zero-order valence-corrected chi connectivity index (χ0v) is 19.3. The zero-order valence-electron chi connectivity index (χ0n) is 19.3. The average Bonchev–Trinajstić information content (AvgIpc) is 3.00. The quantitative estimate of drug-likeness (QED) is 0.653. The summed E-state index contributed by atoms with van der Waals surface area (Å²) in [6.07, 6.45) is 5.97. The SMILES string of the molecule is COc1ccc([C@@H]2OCC3(C)C(CC[C@@]3(O)C#CCF)C3CCC4=CC(=O)CCC4=C32)cc1. The topological polar surface area (TPSA) is 55.8 Å². The molecule has 1 saturated heterocycles. The number of carbonyl (C=O) groups excluding carboxylic acids is 1. The van der Waals surface area contributed by atoms with Gasteiger partial charge in [-0.05, 0) is 84.4 Å². The minimum atomic E-state index is -1.27. The first-order valence-corrected chi connectivity index (χ1v) is 11.9. The van der Waals surface area contributed by atoms with Crippen LogP contribution in [0.25, 0.3) is 0 Å². The molecular formula is C28H31FO4. The highest BCUT2D eigenvalue weighted by Crippen LogP contribution is 2.61. The molecule has 4 nitrogen and oxygen atoms in total. The fraction of sp³-hybridized carbons (Fsp3) is 0.536. The normalized spacial score (nSPS) is 35.5. The maximum absolute atomic E-state index is 12.9. The fourth-order valence-electron chi connectivity index (χ4n) is 6.71. The number of carbonyl (C=O) groups is 1. The Labute approximate surface area is 194 Å². The average molecular weight is 451 g/mol. The second-order valence-corrected chi connectivity index (χ2v) is 10.0. The zero-order chi connectivity index (χ0) is 23.2. The maximum atomic E-state index is 12.9. The molecule has 5 rings (SSSR count). The van der Waals surface area contributed by atoms with Crippen LogP contribution in [0.15, 0.2) is 47.1 Å². The molecule has 3 aliphatic carbocycles. The lowest BCUT2D eigenvalue weighted by molar-refractivity contribution is -0.114. The van der Waals surface area contributed by atoms with Crippen molar-refractivity contribution in [2.24, 2.45) is 17.3 Å². The molecule has 1 aromatic carbocycles. The highest BCUT2D eigenvalue weighted by atomic mass is 19.1. The molecular weight excluding hydrogens is 419 g/mol. The van der Waals surface area contributed by atoms with Crippen molar-refractivity contribution in [2.45, 2.75) is 57.2 Å². The lowest BCUT2D eigenvalue weighted by Gasteiger charge is -2.42. The maximum Gasteiger partial charge on any atom is 0.156 e. The van der Waals surface area contributed by atoms with Gasteiger partial charge in [-0.25, -0.2) is 4.39 Å². The second kappa shape index (κ2) is 8.42. The summed E-state index contributed by atoms with van der Waals surface area (Å²) in [4.78, 5) is 12.2. The summed E-state index contributed by atoms with van der Waals surface area (Å²) >= 11 is 0. The Kier molecular flexibility index (Phi) is 5.71. The lowest BCUT2D eigenvalue weighted by atomic mass is 9.61. The van der Waals surface area contributed by atoms with Gasteiger partial charge in [0.1, 0.15) is 24.1 Å². The number of ether oxygens (including phenoxy) is 2. The number of allylic oxidation sites excluding steroid dienone is 3. The van der Waals surface area contributed by atoms with Gasteiger partial charge in [-0.1, -0.05) is 30.9 Å². The van der Waals surface area contributed by atoms with E-state index >= 15 is 0 Å². The van der Waals surface area contributed by atoms with E-state index in [1.165, 1.54) is 11.1 Å². The first-order chi connectivity index (χ1) is 15.9. The predicted octanol–water partition coefficient (Wildman–Crippen LogP) is 4.88. The first-order valence-electron chi connectivity index (χ1n) is 11.9. The van der Waals surface area contributed by atoms with Crippen LogP contribution in [-0.2, 0) is 9.53 Å². The Morgan fingerprint density at radius 3 is 2.73 bits per heavy atom. The van der Waals surface area contributed by atoms with E-state index in [0.29, 0.717) is 19.4 Å². The molecule has 1 aromatic rings. The van der Waals surface area contributed by atoms with Crippen molar-refractivity contribution < 1.29 is 23.8 Å². The monoisotopic (exact) mass is 450 g/mol. The van der Waals surface area contributed by atoms with Crippen LogP contribution in [0.4, 0.5) is 4.39 Å². The summed E-state index contributed by atoms with van der Waals surface area (Å²) < 4.78 is 24.9. The van der Waals surface area contributed by atoms with Gasteiger partial charge < -0.3 is 14.6 Å². The number of ketones is 1. The number of methoxy groups -OCH3 is 1. The van der Waals surface area contributed by atoms with E-state index in [1.807, 2.05) is 30.3 Å². The van der Waals surface area contributed by atoms with Gasteiger partial charge in [0.05, 0.1) is 13.7 Å². The molecule has 3 unspecified atom stereocenters. The smallest absolute Gasteiger partial charge is 0.156 e. The van der Waals surface area contributed by atoms with E-state index in [4.69, 9.17) is 9.47 Å². The number of benzene rings is 1. The van der Waals surface area contributed by atoms with Gasteiger partial charge in [-0.15, -0.1) is 0 Å². The van der Waals surface area contributed by atoms with Crippen LogP contribution < -0.4 is 4.74 Å². The summed E-state index contributed by atoms with van der Waals surface area (Å²) in [5, 5.41) is 11.6. The van der Waals surface area contributed by atoms with E-state index in [-0.39, 0.29) is 23.7 Å². The standard InChI is InChI=1S/C28H31FO4/c1-27-17-33-26(18-4-8-21(32-2)9-5-18)25-22-11-7-20(30)16-19(22)6-10-23(25)24(27)12-14-28(27,31)13-3-15-29/h4-5,8-9,16,23-24,26,31H,6-7,10-12,14-15,17H2,1-2H3/t23?,24?,26-,27?,28-/m0/s1. The minimum absolute atomic E-state index is 0.182. The van der Waals surface area contributed by atoms with E-state index in [1.54, 1.807) is 7.11 Å². The molecule has 1 aliphatic heterocycles. The second-order valence-electron chi connectivity index (χ2n) is 10.0. The third kappa shape index (κ3) is 3.55. The van der Waals surface area contributed by atoms with Crippen LogP contribution >= 0.6 is 0 Å². The fourth-order valence-corrected chi connectivity index (χ4v) is 6.71. The molecule has 1 heterocycles. The van der Waals surface area contributed by atoms with Crippen molar-refractivity contribution in [1.82, 2.24) is 0 Å². The van der Waals surface area contributed by atoms with Gasteiger partial charge in [0.2, 0.25) is 0 Å². The molecule has 0 bridgehead atoms. The number of alkyl halides is 1. The van der Waals surface area contributed by atoms with Gasteiger partial charge in [0.15, 0.2) is 5.78 Å². The van der Waals surface area contributed by atoms with Crippen LogP contribution in [0.1, 0.15) is 57.1 Å². The Bertz CT molecular complexity index is 1080.